The molecule has 1 aliphatic heterocycles. The highest BCUT2D eigenvalue weighted by Crippen LogP contribution is 2.36. The molecule has 4 aromatic carbocycles. The lowest BCUT2D eigenvalue weighted by atomic mass is 10.0. The summed E-state index contributed by atoms with van der Waals surface area (Å²) in [6.07, 6.45) is 3.88. The largest absolute Gasteiger partial charge is 0.497 e. The zero-order valence-corrected chi connectivity index (χ0v) is 18.3. The van der Waals surface area contributed by atoms with E-state index in [9.17, 15) is 4.79 Å². The molecule has 1 heterocycles. The number of hydrogen-bond donors (Lipinski definition) is 0. The normalized spacial score (nSPS) is 14.5. The molecule has 3 nitrogen and oxygen atoms in total. The maximum atomic E-state index is 13.6. The van der Waals surface area contributed by atoms with Crippen LogP contribution in [0, 0.1) is 0 Å². The average Bonchev–Trinajstić information content (AvgIpc) is 3.21. The van der Waals surface area contributed by atoms with Crippen molar-refractivity contribution < 1.29 is 9.53 Å². The number of amides is 1. The Morgan fingerprint density at radius 2 is 1.24 bits per heavy atom. The highest BCUT2D eigenvalue weighted by molar-refractivity contribution is 6.23. The molecule has 3 heteroatoms. The Morgan fingerprint density at radius 1 is 0.667 bits per heavy atom. The molecular weight excluding hydrogens is 406 g/mol. The molecule has 0 saturated carbocycles. The van der Waals surface area contributed by atoms with Gasteiger partial charge in [0.25, 0.3) is 5.91 Å². The van der Waals surface area contributed by atoms with E-state index in [4.69, 9.17) is 4.74 Å². The van der Waals surface area contributed by atoms with Crippen LogP contribution in [0.1, 0.15) is 11.1 Å². The van der Waals surface area contributed by atoms with E-state index in [1.807, 2.05) is 97.1 Å². The predicted octanol–water partition coefficient (Wildman–Crippen LogP) is 6.83. The molecule has 1 aliphatic rings. The minimum atomic E-state index is -0.0443. The van der Waals surface area contributed by atoms with Crippen molar-refractivity contribution in [2.45, 2.75) is 0 Å². The second-order valence-corrected chi connectivity index (χ2v) is 7.82. The Kier molecular flexibility index (Phi) is 5.61. The zero-order valence-electron chi connectivity index (χ0n) is 18.3. The standard InChI is InChI=1S/C30H23NO2/c1-33-28-18-12-22(13-19-28)20-26-21-29(25-10-6-3-7-11-25)31(30(26)32)27-16-14-24(15-17-27)23-8-4-2-5-9-23/h2-21H,1H3/b26-20+. The van der Waals surface area contributed by atoms with Gasteiger partial charge in [-0.05, 0) is 58.7 Å². The molecule has 160 valence electrons. The van der Waals surface area contributed by atoms with E-state index in [-0.39, 0.29) is 5.91 Å². The molecule has 0 unspecified atom stereocenters. The number of benzene rings is 4. The Balaban J connectivity index is 1.53. The van der Waals surface area contributed by atoms with E-state index in [0.29, 0.717) is 5.57 Å². The first-order valence-electron chi connectivity index (χ1n) is 10.9. The van der Waals surface area contributed by atoms with Crippen molar-refractivity contribution in [3.63, 3.8) is 0 Å². The van der Waals surface area contributed by atoms with Gasteiger partial charge in [-0.3, -0.25) is 9.69 Å². The van der Waals surface area contributed by atoms with Crippen LogP contribution in [-0.2, 0) is 4.79 Å². The smallest absolute Gasteiger partial charge is 0.262 e. The number of hydrogen-bond acceptors (Lipinski definition) is 2. The molecule has 0 aromatic heterocycles. The van der Waals surface area contributed by atoms with Crippen LogP contribution in [0.3, 0.4) is 0 Å². The van der Waals surface area contributed by atoms with E-state index in [2.05, 4.69) is 24.3 Å². The van der Waals surface area contributed by atoms with E-state index >= 15 is 0 Å². The third-order valence-electron chi connectivity index (χ3n) is 5.72. The van der Waals surface area contributed by atoms with Gasteiger partial charge in [-0.1, -0.05) is 84.9 Å². The topological polar surface area (TPSA) is 29.5 Å². The summed E-state index contributed by atoms with van der Waals surface area (Å²) in [4.78, 5) is 15.3. The molecule has 4 aromatic rings. The lowest BCUT2D eigenvalue weighted by molar-refractivity contribution is -0.113. The SMILES string of the molecule is COc1ccc(/C=C2\C=C(c3ccccc3)N(c3ccc(-c4ccccc4)cc3)C2=O)cc1. The Morgan fingerprint density at radius 3 is 1.85 bits per heavy atom. The number of methoxy groups -OCH3 is 1. The van der Waals surface area contributed by atoms with Crippen molar-refractivity contribution in [2.75, 3.05) is 12.0 Å². The molecule has 0 radical (unpaired) electrons. The number of ether oxygens (including phenoxy) is 1. The first-order chi connectivity index (χ1) is 16.2. The van der Waals surface area contributed by atoms with Gasteiger partial charge in [0.1, 0.15) is 5.75 Å². The molecule has 0 spiro atoms. The highest BCUT2D eigenvalue weighted by atomic mass is 16.5. The predicted molar refractivity (Wildman–Crippen MR) is 135 cm³/mol. The summed E-state index contributed by atoms with van der Waals surface area (Å²) in [7, 11) is 1.64. The van der Waals surface area contributed by atoms with Crippen molar-refractivity contribution in [2.24, 2.45) is 0 Å². The van der Waals surface area contributed by atoms with Gasteiger partial charge in [0.05, 0.1) is 12.8 Å². The number of rotatable bonds is 5. The Hall–Kier alpha value is -4.37. The number of carbonyl (C=O) groups is 1. The van der Waals surface area contributed by atoms with E-state index in [1.165, 1.54) is 0 Å². The van der Waals surface area contributed by atoms with E-state index in [1.54, 1.807) is 12.0 Å². The quantitative estimate of drug-likeness (QED) is 0.325. The average molecular weight is 430 g/mol. The molecular formula is C30H23NO2. The molecule has 0 atom stereocenters. The van der Waals surface area contributed by atoms with Gasteiger partial charge in [-0.25, -0.2) is 0 Å². The van der Waals surface area contributed by atoms with Crippen LogP contribution in [-0.4, -0.2) is 13.0 Å². The third kappa shape index (κ3) is 4.21. The summed E-state index contributed by atoms with van der Waals surface area (Å²) in [5, 5.41) is 0. The van der Waals surface area contributed by atoms with Crippen LogP contribution in [0.2, 0.25) is 0 Å². The fourth-order valence-electron chi connectivity index (χ4n) is 4.01. The van der Waals surface area contributed by atoms with Crippen LogP contribution < -0.4 is 9.64 Å². The van der Waals surface area contributed by atoms with Crippen molar-refractivity contribution in [3.8, 4) is 16.9 Å². The highest BCUT2D eigenvalue weighted by Gasteiger charge is 2.30. The summed E-state index contributed by atoms with van der Waals surface area (Å²) in [5.74, 6) is 0.743. The molecule has 0 aliphatic carbocycles. The minimum absolute atomic E-state index is 0.0443. The fourth-order valence-corrected chi connectivity index (χ4v) is 4.01. The summed E-state index contributed by atoms with van der Waals surface area (Å²) >= 11 is 0. The second kappa shape index (κ2) is 9.01. The Bertz CT molecular complexity index is 1320. The molecule has 1 amide bonds. The van der Waals surface area contributed by atoms with Crippen LogP contribution >= 0.6 is 0 Å². The van der Waals surface area contributed by atoms with Gasteiger partial charge in [-0.2, -0.15) is 0 Å². The van der Waals surface area contributed by atoms with Crippen molar-refractivity contribution in [1.82, 2.24) is 0 Å². The van der Waals surface area contributed by atoms with Gasteiger partial charge in [-0.15, -0.1) is 0 Å². The van der Waals surface area contributed by atoms with Crippen molar-refractivity contribution >= 4 is 23.4 Å². The molecule has 0 bridgehead atoms. The van der Waals surface area contributed by atoms with Crippen molar-refractivity contribution in [3.05, 3.63) is 132 Å². The lowest BCUT2D eigenvalue weighted by Gasteiger charge is -2.21. The molecule has 0 saturated heterocycles. The maximum Gasteiger partial charge on any atom is 0.262 e. The monoisotopic (exact) mass is 429 g/mol. The van der Waals surface area contributed by atoms with Crippen LogP contribution in [0.15, 0.2) is 121 Å². The first kappa shape index (κ1) is 20.5. The van der Waals surface area contributed by atoms with Gasteiger partial charge in [0, 0.05) is 11.3 Å². The second-order valence-electron chi connectivity index (χ2n) is 7.82. The number of carbonyl (C=O) groups excluding carboxylic acids is 1. The van der Waals surface area contributed by atoms with Gasteiger partial charge in [0.2, 0.25) is 0 Å². The first-order valence-corrected chi connectivity index (χ1v) is 10.9. The molecule has 5 rings (SSSR count). The minimum Gasteiger partial charge on any atom is -0.497 e. The summed E-state index contributed by atoms with van der Waals surface area (Å²) in [6, 6.07) is 36.1. The molecule has 0 fully saturated rings. The van der Waals surface area contributed by atoms with Crippen molar-refractivity contribution in [1.29, 1.82) is 0 Å². The van der Waals surface area contributed by atoms with Gasteiger partial charge < -0.3 is 4.74 Å². The van der Waals surface area contributed by atoms with Gasteiger partial charge in [0.15, 0.2) is 0 Å². The molecule has 0 N–H and O–H groups in total. The molecule has 33 heavy (non-hydrogen) atoms. The van der Waals surface area contributed by atoms with Crippen LogP contribution in [0.4, 0.5) is 5.69 Å². The summed E-state index contributed by atoms with van der Waals surface area (Å²) in [5.41, 5.74) is 6.56. The number of nitrogens with zero attached hydrogens (tertiary/aromatic N) is 1. The fraction of sp³-hybridized carbons (Fsp3) is 0.0333. The Labute approximate surface area is 193 Å². The van der Waals surface area contributed by atoms with Gasteiger partial charge >= 0.3 is 0 Å². The maximum absolute atomic E-state index is 13.6. The third-order valence-corrected chi connectivity index (χ3v) is 5.72. The van der Waals surface area contributed by atoms with E-state index in [0.717, 1.165) is 39.4 Å². The zero-order chi connectivity index (χ0) is 22.6. The summed E-state index contributed by atoms with van der Waals surface area (Å²) in [6.45, 7) is 0. The van der Waals surface area contributed by atoms with Crippen LogP contribution in [0.5, 0.6) is 5.75 Å². The number of anilines is 1. The lowest BCUT2D eigenvalue weighted by Crippen LogP contribution is -2.24. The summed E-state index contributed by atoms with van der Waals surface area (Å²) < 4.78 is 5.24. The van der Waals surface area contributed by atoms with E-state index < -0.39 is 0 Å². The van der Waals surface area contributed by atoms with Crippen LogP contribution in [0.25, 0.3) is 22.9 Å².